The largest absolute Gasteiger partial charge is 0.244 e. The summed E-state index contributed by atoms with van der Waals surface area (Å²) in [5.74, 6) is 0. The molecule has 0 aromatic heterocycles. The molecule has 43 valence electrons. The molecule has 0 unspecified atom stereocenters. The van der Waals surface area contributed by atoms with Crippen molar-refractivity contribution in [1.82, 2.24) is 0 Å². The molecule has 0 fully saturated rings. The standard InChI is InChI=1S/C6H12F/c1-4-5-6(2,3)7/h4H,5H2,1-3H3. The van der Waals surface area contributed by atoms with Crippen molar-refractivity contribution in [1.29, 1.82) is 0 Å². The van der Waals surface area contributed by atoms with Crippen LogP contribution >= 0.6 is 0 Å². The zero-order valence-electron chi connectivity index (χ0n) is 5.16. The Bertz CT molecular complexity index is 42.6. The lowest BCUT2D eigenvalue weighted by Crippen LogP contribution is -2.10. The monoisotopic (exact) mass is 103 g/mol. The van der Waals surface area contributed by atoms with Gasteiger partial charge in [0.15, 0.2) is 0 Å². The van der Waals surface area contributed by atoms with E-state index in [0.29, 0.717) is 6.42 Å². The highest BCUT2D eigenvalue weighted by Crippen LogP contribution is 2.13. The number of hydrogen-bond acceptors (Lipinski definition) is 0. The molecule has 0 amide bonds. The summed E-state index contributed by atoms with van der Waals surface area (Å²) in [5, 5.41) is 0. The maximum absolute atomic E-state index is 12.4. The van der Waals surface area contributed by atoms with Crippen molar-refractivity contribution in [3.05, 3.63) is 6.42 Å². The molecule has 0 heterocycles. The zero-order valence-corrected chi connectivity index (χ0v) is 5.16. The molecule has 0 saturated heterocycles. The van der Waals surface area contributed by atoms with Gasteiger partial charge in [-0.3, -0.25) is 0 Å². The second-order valence-corrected chi connectivity index (χ2v) is 2.33. The lowest BCUT2D eigenvalue weighted by Gasteiger charge is -2.10. The van der Waals surface area contributed by atoms with Crippen LogP contribution in [0.15, 0.2) is 0 Å². The fourth-order valence-corrected chi connectivity index (χ4v) is 0.485. The molecule has 1 radical (unpaired) electrons. The summed E-state index contributed by atoms with van der Waals surface area (Å²) in [6, 6.07) is 0. The first-order valence-electron chi connectivity index (χ1n) is 2.53. The molecule has 0 aliphatic heterocycles. The molecular formula is C6H12F. The Morgan fingerprint density at radius 2 is 2.00 bits per heavy atom. The summed E-state index contributed by atoms with van der Waals surface area (Å²) >= 11 is 0. The summed E-state index contributed by atoms with van der Waals surface area (Å²) < 4.78 is 12.4. The van der Waals surface area contributed by atoms with E-state index in [1.807, 2.05) is 13.3 Å². The molecule has 0 aliphatic rings. The van der Waals surface area contributed by atoms with Crippen LogP contribution in [-0.4, -0.2) is 5.67 Å². The van der Waals surface area contributed by atoms with Gasteiger partial charge in [0.2, 0.25) is 0 Å². The SMILES string of the molecule is C[CH]CC(C)(C)F. The third kappa shape index (κ3) is 5.93. The van der Waals surface area contributed by atoms with E-state index in [4.69, 9.17) is 0 Å². The van der Waals surface area contributed by atoms with Gasteiger partial charge in [0.25, 0.3) is 0 Å². The number of hydrogen-bond donors (Lipinski definition) is 0. The number of alkyl halides is 1. The molecule has 0 bridgehead atoms. The van der Waals surface area contributed by atoms with Crippen LogP contribution in [0.3, 0.4) is 0 Å². The van der Waals surface area contributed by atoms with Crippen molar-refractivity contribution in [2.45, 2.75) is 32.9 Å². The summed E-state index contributed by atoms with van der Waals surface area (Å²) in [7, 11) is 0. The first-order chi connectivity index (χ1) is 3.06. The molecule has 0 aromatic rings. The predicted molar refractivity (Wildman–Crippen MR) is 29.8 cm³/mol. The second-order valence-electron chi connectivity index (χ2n) is 2.33. The summed E-state index contributed by atoms with van der Waals surface area (Å²) in [4.78, 5) is 0. The van der Waals surface area contributed by atoms with Crippen molar-refractivity contribution < 1.29 is 4.39 Å². The number of rotatable bonds is 2. The van der Waals surface area contributed by atoms with Gasteiger partial charge in [-0.15, -0.1) is 0 Å². The lowest BCUT2D eigenvalue weighted by molar-refractivity contribution is 0.215. The van der Waals surface area contributed by atoms with Gasteiger partial charge in [-0.05, 0) is 26.7 Å². The van der Waals surface area contributed by atoms with Gasteiger partial charge in [-0.1, -0.05) is 6.92 Å². The van der Waals surface area contributed by atoms with Crippen LogP contribution in [0, 0.1) is 6.42 Å². The smallest absolute Gasteiger partial charge is 0.105 e. The van der Waals surface area contributed by atoms with Gasteiger partial charge in [0, 0.05) is 0 Å². The van der Waals surface area contributed by atoms with Gasteiger partial charge in [-0.25, -0.2) is 4.39 Å². The summed E-state index contributed by atoms with van der Waals surface area (Å²) in [6.07, 6.45) is 2.38. The van der Waals surface area contributed by atoms with Crippen LogP contribution in [0.4, 0.5) is 4.39 Å². The molecule has 0 aliphatic carbocycles. The maximum atomic E-state index is 12.4. The van der Waals surface area contributed by atoms with Crippen molar-refractivity contribution in [3.8, 4) is 0 Å². The zero-order chi connectivity index (χ0) is 5.91. The molecule has 0 spiro atoms. The van der Waals surface area contributed by atoms with E-state index in [9.17, 15) is 4.39 Å². The Morgan fingerprint density at radius 1 is 1.57 bits per heavy atom. The van der Waals surface area contributed by atoms with Crippen LogP contribution in [0.2, 0.25) is 0 Å². The van der Waals surface area contributed by atoms with Gasteiger partial charge in [0.1, 0.15) is 5.67 Å². The van der Waals surface area contributed by atoms with Gasteiger partial charge in [-0.2, -0.15) is 0 Å². The maximum Gasteiger partial charge on any atom is 0.105 e. The van der Waals surface area contributed by atoms with Crippen LogP contribution < -0.4 is 0 Å². The Balaban J connectivity index is 3.15. The topological polar surface area (TPSA) is 0 Å². The average Bonchev–Trinajstić information content (AvgIpc) is 1.30. The van der Waals surface area contributed by atoms with E-state index in [0.717, 1.165) is 0 Å². The molecule has 7 heavy (non-hydrogen) atoms. The first kappa shape index (κ1) is 6.93. The van der Waals surface area contributed by atoms with Crippen molar-refractivity contribution in [2.75, 3.05) is 0 Å². The van der Waals surface area contributed by atoms with Crippen molar-refractivity contribution in [2.24, 2.45) is 0 Å². The Labute approximate surface area is 44.7 Å². The molecule has 0 rings (SSSR count). The first-order valence-corrected chi connectivity index (χ1v) is 2.53. The van der Waals surface area contributed by atoms with Crippen LogP contribution in [0.5, 0.6) is 0 Å². The Kier molecular flexibility index (Phi) is 2.27. The quantitative estimate of drug-likeness (QED) is 0.503. The fraction of sp³-hybridized carbons (Fsp3) is 0.833. The minimum Gasteiger partial charge on any atom is -0.244 e. The van der Waals surface area contributed by atoms with Gasteiger partial charge >= 0.3 is 0 Å². The van der Waals surface area contributed by atoms with E-state index in [2.05, 4.69) is 0 Å². The van der Waals surface area contributed by atoms with E-state index in [-0.39, 0.29) is 0 Å². The minimum atomic E-state index is -1.01. The number of halogens is 1. The van der Waals surface area contributed by atoms with Crippen molar-refractivity contribution >= 4 is 0 Å². The van der Waals surface area contributed by atoms with Crippen LogP contribution in [0.25, 0.3) is 0 Å². The molecule has 0 saturated carbocycles. The summed E-state index contributed by atoms with van der Waals surface area (Å²) in [6.45, 7) is 5.02. The van der Waals surface area contributed by atoms with E-state index < -0.39 is 5.67 Å². The molecule has 1 heteroatoms. The minimum absolute atomic E-state index is 0.549. The van der Waals surface area contributed by atoms with Crippen molar-refractivity contribution in [3.63, 3.8) is 0 Å². The molecule has 0 atom stereocenters. The molecule has 0 nitrogen and oxygen atoms in total. The highest BCUT2D eigenvalue weighted by molar-refractivity contribution is 4.72. The fourth-order valence-electron chi connectivity index (χ4n) is 0.485. The second kappa shape index (κ2) is 2.29. The Morgan fingerprint density at radius 3 is 2.00 bits per heavy atom. The highest BCUT2D eigenvalue weighted by atomic mass is 19.1. The highest BCUT2D eigenvalue weighted by Gasteiger charge is 2.12. The van der Waals surface area contributed by atoms with Crippen LogP contribution in [-0.2, 0) is 0 Å². The molecule has 0 N–H and O–H groups in total. The normalized spacial score (nSPS) is 12.0. The third-order valence-corrected chi connectivity index (χ3v) is 0.690. The van der Waals surface area contributed by atoms with Gasteiger partial charge < -0.3 is 0 Å². The molecular weight excluding hydrogens is 91.1 g/mol. The average molecular weight is 103 g/mol. The van der Waals surface area contributed by atoms with E-state index in [1.54, 1.807) is 13.8 Å². The van der Waals surface area contributed by atoms with E-state index >= 15 is 0 Å². The predicted octanol–water partition coefficient (Wildman–Crippen LogP) is 2.35. The Hall–Kier alpha value is -0.0700. The van der Waals surface area contributed by atoms with E-state index in [1.165, 1.54) is 0 Å². The lowest BCUT2D eigenvalue weighted by atomic mass is 10.1. The van der Waals surface area contributed by atoms with Gasteiger partial charge in [0.05, 0.1) is 0 Å². The molecule has 0 aromatic carbocycles. The third-order valence-electron chi connectivity index (χ3n) is 0.690. The summed E-state index contributed by atoms with van der Waals surface area (Å²) in [5.41, 5.74) is -1.01. The van der Waals surface area contributed by atoms with Crippen LogP contribution in [0.1, 0.15) is 27.2 Å².